The number of rotatable bonds is 11. The Labute approximate surface area is 569 Å². The molecule has 6 aliphatic rings. The number of nitrogens with one attached hydrogen (secondary N) is 3. The van der Waals surface area contributed by atoms with Crippen LogP contribution >= 0.6 is 11.6 Å². The second kappa shape index (κ2) is 34.0. The first-order chi connectivity index (χ1) is 45.0. The molecule has 3 unspecified atom stereocenters. The van der Waals surface area contributed by atoms with Crippen molar-refractivity contribution >= 4 is 82.5 Å². The number of nitrogens with zero attached hydrogens (tertiary/aromatic N) is 9. The van der Waals surface area contributed by atoms with Crippen LogP contribution in [0.25, 0.3) is 0 Å². The summed E-state index contributed by atoms with van der Waals surface area (Å²) in [5.41, 5.74) is -1.57. The van der Waals surface area contributed by atoms with Gasteiger partial charge in [0.05, 0.1) is 25.5 Å². The number of methoxy groups -OCH3 is 1. The van der Waals surface area contributed by atoms with Gasteiger partial charge in [0.25, 0.3) is 0 Å². The smallest absolute Gasteiger partial charge is 0.382 e. The maximum absolute atomic E-state index is 15.4. The van der Waals surface area contributed by atoms with Crippen molar-refractivity contribution < 1.29 is 75.4 Å². The summed E-state index contributed by atoms with van der Waals surface area (Å²) < 4.78 is 47.2. The highest BCUT2D eigenvalue weighted by Crippen LogP contribution is 2.44. The Kier molecular flexibility index (Phi) is 27.8. The number of likely N-dealkylation sites (tertiary alicyclic amines) is 1. The second-order valence-electron chi connectivity index (χ2n) is 28.8. The third-order valence-electron chi connectivity index (χ3n) is 21.3. The first-order valence-corrected chi connectivity index (χ1v) is 35.1. The van der Waals surface area contributed by atoms with Crippen LogP contribution in [0.4, 0.5) is 13.2 Å². The molecule has 542 valence electrons. The van der Waals surface area contributed by atoms with Gasteiger partial charge in [0.1, 0.15) is 59.9 Å². The summed E-state index contributed by atoms with van der Waals surface area (Å²) in [6, 6.07) is -11.2. The second-order valence-corrected chi connectivity index (χ2v) is 29.3. The molecule has 0 radical (unpaired) electrons. The van der Waals surface area contributed by atoms with Gasteiger partial charge in [-0.2, -0.15) is 13.2 Å². The first-order valence-electron chi connectivity index (χ1n) is 34.6. The van der Waals surface area contributed by atoms with Crippen LogP contribution in [0.15, 0.2) is 0 Å². The lowest BCUT2D eigenvalue weighted by Crippen LogP contribution is -2.65. The normalized spacial score (nSPS) is 30.6. The number of piperidine rings is 1. The van der Waals surface area contributed by atoms with E-state index in [1.807, 2.05) is 20.8 Å². The Balaban J connectivity index is 1.40. The van der Waals surface area contributed by atoms with Crippen LogP contribution in [0.1, 0.15) is 164 Å². The van der Waals surface area contributed by atoms with Crippen molar-refractivity contribution in [2.45, 2.75) is 236 Å². The lowest BCUT2D eigenvalue weighted by atomic mass is 9.78. The molecule has 0 aromatic carbocycles. The van der Waals surface area contributed by atoms with Gasteiger partial charge in [-0.05, 0) is 120 Å². The number of hydrogen-bond donors (Lipinski definition) is 3. The van der Waals surface area contributed by atoms with Crippen LogP contribution < -0.4 is 16.0 Å². The van der Waals surface area contributed by atoms with Gasteiger partial charge < -0.3 is 64.8 Å². The fraction of sp³-hybridized carbons (Fsp3) is 0.821. The Morgan fingerprint density at radius 1 is 0.656 bits per heavy atom. The molecule has 2 aliphatic carbocycles. The maximum atomic E-state index is 15.4. The standard InChI is InChI=1S/C67H108ClF3N12O13/c1-15-41(6)54-63(93)76(9)42(7)58(88)83-33-27-48(83)61(91)79(12)51(38-96-14)60(90)75(8)37-52(84)72-46(26-24-43-23-25-44(45(68)35-43)67(69,70)71)59(89)82-32-21-22-47(82)57(87)74-66(28-17-18-29-66)65(95)80(13)55(40(4)5)64(94)78(11)50(62(92)81-30-19-16-20-31-81)36-53(85)77(10)49(34-39(2)3)56(86)73-54/h39-51,54-55H,15-38H2,1-14H3,(H,72,84)(H,73,86)(H,74,87)/t41-,42-,43?,44?,45?,46-,47-,48-,49-,50-,51-,54-,55-/m0/s1. The van der Waals surface area contributed by atoms with Crippen LogP contribution in [0.5, 0.6) is 0 Å². The summed E-state index contributed by atoms with van der Waals surface area (Å²) in [7, 11) is 9.67. The molecule has 6 rings (SSSR count). The number of carbonyl (C=O) groups is 12. The number of alkyl halides is 4. The molecule has 2 saturated carbocycles. The van der Waals surface area contributed by atoms with Crippen LogP contribution in [0.3, 0.4) is 0 Å². The molecule has 29 heteroatoms. The third-order valence-corrected chi connectivity index (χ3v) is 21.8. The molecule has 4 aliphatic heterocycles. The van der Waals surface area contributed by atoms with E-state index in [0.29, 0.717) is 51.6 Å². The summed E-state index contributed by atoms with van der Waals surface area (Å²) in [5.74, 6) is -11.3. The predicted molar refractivity (Wildman–Crippen MR) is 351 cm³/mol. The molecule has 0 aromatic rings. The van der Waals surface area contributed by atoms with Crippen molar-refractivity contribution in [2.24, 2.45) is 29.6 Å². The molecule has 13 atom stereocenters. The van der Waals surface area contributed by atoms with Crippen molar-refractivity contribution in [1.82, 2.24) is 60.0 Å². The van der Waals surface area contributed by atoms with E-state index in [2.05, 4.69) is 16.0 Å². The number of halogens is 4. The number of hydrogen-bond acceptors (Lipinski definition) is 13. The van der Waals surface area contributed by atoms with Gasteiger partial charge >= 0.3 is 6.18 Å². The SMILES string of the molecule is CC[C@H](C)[C@@H]1NC(=O)[C@H](CC(C)C)N(C)C(=O)C[C@@H](C(=O)N2CCCCC2)N(C)C(=O)[C@H](C(C)C)N(C)C(=O)C2(CCCC2)NC(=O)[C@@H]2CCCN2C(=O)[C@H](CCC2CCC(C(F)(F)F)C(Cl)C2)NC(=O)CN(C)C(=O)[C@H](COC)N(C)C(=O)[C@@H]2CCN2C(=O)[C@H](C)N(C)C1=O. The highest BCUT2D eigenvalue weighted by molar-refractivity contribution is 6.21. The van der Waals surface area contributed by atoms with E-state index in [9.17, 15) is 56.3 Å². The Hall–Kier alpha value is -6.32. The molecule has 1 spiro atoms. The molecular weight excluding hydrogens is 1270 g/mol. The summed E-state index contributed by atoms with van der Waals surface area (Å²) in [4.78, 5) is 189. The summed E-state index contributed by atoms with van der Waals surface area (Å²) >= 11 is 6.36. The lowest BCUT2D eigenvalue weighted by molar-refractivity contribution is -0.182. The zero-order chi connectivity index (χ0) is 71.6. The maximum Gasteiger partial charge on any atom is 0.393 e. The third kappa shape index (κ3) is 18.3. The number of carbonyl (C=O) groups excluding carboxylic acids is 12. The molecular formula is C67H108ClF3N12O13. The summed E-state index contributed by atoms with van der Waals surface area (Å²) in [5, 5.41) is 7.46. The van der Waals surface area contributed by atoms with E-state index in [-0.39, 0.29) is 95.7 Å². The fourth-order valence-electron chi connectivity index (χ4n) is 14.8. The largest absolute Gasteiger partial charge is 0.393 e. The van der Waals surface area contributed by atoms with Crippen molar-refractivity contribution in [3.8, 4) is 0 Å². The topological polar surface area (TPSA) is 279 Å². The van der Waals surface area contributed by atoms with Crippen LogP contribution in [0, 0.1) is 29.6 Å². The van der Waals surface area contributed by atoms with Crippen molar-refractivity contribution in [1.29, 1.82) is 0 Å². The molecule has 4 heterocycles. The molecule has 6 fully saturated rings. The van der Waals surface area contributed by atoms with Gasteiger partial charge in [-0.15, -0.1) is 11.6 Å². The molecule has 0 aromatic heterocycles. The van der Waals surface area contributed by atoms with Gasteiger partial charge in [-0.3, -0.25) is 57.5 Å². The zero-order valence-corrected chi connectivity index (χ0v) is 59.7. The van der Waals surface area contributed by atoms with Crippen molar-refractivity contribution in [3.05, 3.63) is 0 Å². The minimum absolute atomic E-state index is 0.0143. The number of fused-ring (bicyclic) bond motifs is 2. The van der Waals surface area contributed by atoms with E-state index in [0.717, 1.165) is 16.2 Å². The zero-order valence-electron chi connectivity index (χ0n) is 59.0. The van der Waals surface area contributed by atoms with Gasteiger partial charge in [0.2, 0.25) is 70.9 Å². The van der Waals surface area contributed by atoms with E-state index in [1.54, 1.807) is 25.7 Å². The lowest BCUT2D eigenvalue weighted by Gasteiger charge is -2.45. The monoisotopic (exact) mass is 1380 g/mol. The molecule has 0 bridgehead atoms. The molecule has 3 N–H and O–H groups in total. The van der Waals surface area contributed by atoms with Crippen LogP contribution in [0.2, 0.25) is 0 Å². The van der Waals surface area contributed by atoms with Crippen LogP contribution in [-0.2, 0) is 62.3 Å². The Bertz CT molecular complexity index is 2820. The average molecular weight is 1380 g/mol. The highest BCUT2D eigenvalue weighted by atomic mass is 35.5. The quantitative estimate of drug-likeness (QED) is 0.249. The average Bonchev–Trinajstić information content (AvgIpc) is 1.24. The minimum Gasteiger partial charge on any atom is -0.382 e. The molecule has 4 saturated heterocycles. The van der Waals surface area contributed by atoms with Crippen molar-refractivity contribution in [3.63, 3.8) is 0 Å². The van der Waals surface area contributed by atoms with E-state index >= 15 is 14.4 Å². The van der Waals surface area contributed by atoms with Gasteiger partial charge in [-0.25, -0.2) is 0 Å². The molecule has 96 heavy (non-hydrogen) atoms. The van der Waals surface area contributed by atoms with Gasteiger partial charge in [-0.1, -0.05) is 60.8 Å². The summed E-state index contributed by atoms with van der Waals surface area (Å²) in [6.07, 6.45) is -0.349. The number of likely N-dealkylation sites (N-methyl/N-ethyl adjacent to an activating group) is 6. The van der Waals surface area contributed by atoms with Crippen molar-refractivity contribution in [2.75, 3.05) is 88.7 Å². The number of ether oxygens (including phenoxy) is 1. The molecule has 12 amide bonds. The van der Waals surface area contributed by atoms with E-state index in [4.69, 9.17) is 16.3 Å². The Morgan fingerprint density at radius 2 is 1.29 bits per heavy atom. The highest BCUT2D eigenvalue weighted by Gasteiger charge is 2.52. The Morgan fingerprint density at radius 3 is 1.85 bits per heavy atom. The fourth-order valence-corrected chi connectivity index (χ4v) is 15.4. The predicted octanol–water partition coefficient (Wildman–Crippen LogP) is 3.77. The van der Waals surface area contributed by atoms with E-state index in [1.165, 1.54) is 85.7 Å². The van der Waals surface area contributed by atoms with Crippen LogP contribution in [-0.4, -0.2) is 275 Å². The number of amides is 12. The summed E-state index contributed by atoms with van der Waals surface area (Å²) in [6.45, 7) is 12.2. The minimum atomic E-state index is -4.51. The first kappa shape index (κ1) is 78.7. The molecule has 25 nitrogen and oxygen atoms in total. The van der Waals surface area contributed by atoms with E-state index < -0.39 is 173 Å². The van der Waals surface area contributed by atoms with Gasteiger partial charge in [0.15, 0.2) is 0 Å². The van der Waals surface area contributed by atoms with Gasteiger partial charge in [0, 0.05) is 81.0 Å².